The molecule has 0 atom stereocenters. The van der Waals surface area contributed by atoms with E-state index in [9.17, 15) is 9.59 Å². The molecule has 1 aliphatic carbocycles. The highest BCUT2D eigenvalue weighted by atomic mass is 16.2. The Bertz CT molecular complexity index is 520. The van der Waals surface area contributed by atoms with Crippen molar-refractivity contribution in [3.05, 3.63) is 33.2 Å². The zero-order valence-corrected chi connectivity index (χ0v) is 11.6. The first-order valence-electron chi connectivity index (χ1n) is 6.76. The number of H-pyrrole nitrogens is 1. The van der Waals surface area contributed by atoms with Crippen LogP contribution >= 0.6 is 0 Å². The molecule has 1 amide bonds. The van der Waals surface area contributed by atoms with Gasteiger partial charge in [0.1, 0.15) is 5.56 Å². The van der Waals surface area contributed by atoms with Gasteiger partial charge in [-0.2, -0.15) is 0 Å². The molecular formula is C14H21N3O2. The Morgan fingerprint density at radius 1 is 1.37 bits per heavy atom. The van der Waals surface area contributed by atoms with Gasteiger partial charge in [0.25, 0.3) is 11.5 Å². The molecule has 2 rings (SSSR count). The van der Waals surface area contributed by atoms with Crippen LogP contribution in [-0.2, 0) is 12.8 Å². The lowest BCUT2D eigenvalue weighted by molar-refractivity contribution is 0.0949. The zero-order valence-electron chi connectivity index (χ0n) is 11.6. The van der Waals surface area contributed by atoms with Crippen molar-refractivity contribution in [3.8, 4) is 0 Å². The van der Waals surface area contributed by atoms with Crippen LogP contribution in [0.1, 0.15) is 34.5 Å². The number of hydrogen-bond donors (Lipinski definition) is 2. The second kappa shape index (κ2) is 6.02. The molecule has 5 nitrogen and oxygen atoms in total. The summed E-state index contributed by atoms with van der Waals surface area (Å²) in [6.45, 7) is 1.30. The summed E-state index contributed by atoms with van der Waals surface area (Å²) in [5, 5.41) is 2.78. The van der Waals surface area contributed by atoms with Crippen LogP contribution in [0.25, 0.3) is 0 Å². The molecule has 0 aliphatic heterocycles. The molecule has 1 heterocycles. The summed E-state index contributed by atoms with van der Waals surface area (Å²) in [6, 6.07) is 1.76. The van der Waals surface area contributed by atoms with Crippen molar-refractivity contribution < 1.29 is 4.79 Å². The molecule has 0 unspecified atom stereocenters. The van der Waals surface area contributed by atoms with Crippen molar-refractivity contribution in [3.63, 3.8) is 0 Å². The van der Waals surface area contributed by atoms with Crippen molar-refractivity contribution in [1.29, 1.82) is 0 Å². The van der Waals surface area contributed by atoms with Gasteiger partial charge in [-0.05, 0) is 51.4 Å². The number of likely N-dealkylation sites (N-methyl/N-ethyl adjacent to an activating group) is 1. The highest BCUT2D eigenvalue weighted by Gasteiger charge is 2.16. The fourth-order valence-electron chi connectivity index (χ4n) is 2.33. The van der Waals surface area contributed by atoms with E-state index in [-0.39, 0.29) is 17.0 Å². The lowest BCUT2D eigenvalue weighted by Crippen LogP contribution is -2.35. The maximum Gasteiger partial charge on any atom is 0.261 e. The average Bonchev–Trinajstić information content (AvgIpc) is 2.37. The molecule has 2 N–H and O–H groups in total. The molecular weight excluding hydrogens is 242 g/mol. The topological polar surface area (TPSA) is 65.2 Å². The zero-order chi connectivity index (χ0) is 13.8. The molecule has 0 fully saturated rings. The molecule has 104 valence electrons. The standard InChI is InChI=1S/C14H21N3O2/c1-17(2)8-7-15-13(18)11-9-10-5-3-4-6-12(10)16-14(11)19/h9H,3-8H2,1-2H3,(H,15,18)(H,16,19). The Hall–Kier alpha value is -1.62. The number of fused-ring (bicyclic) bond motifs is 1. The number of pyridine rings is 1. The van der Waals surface area contributed by atoms with Gasteiger partial charge < -0.3 is 15.2 Å². The fraction of sp³-hybridized carbons (Fsp3) is 0.571. The van der Waals surface area contributed by atoms with E-state index in [1.54, 1.807) is 6.07 Å². The van der Waals surface area contributed by atoms with Gasteiger partial charge in [0, 0.05) is 18.8 Å². The van der Waals surface area contributed by atoms with Crippen LogP contribution in [0.2, 0.25) is 0 Å². The van der Waals surface area contributed by atoms with Crippen LogP contribution in [0.4, 0.5) is 0 Å². The van der Waals surface area contributed by atoms with Crippen LogP contribution in [0.3, 0.4) is 0 Å². The first-order valence-corrected chi connectivity index (χ1v) is 6.76. The Morgan fingerprint density at radius 2 is 2.11 bits per heavy atom. The number of rotatable bonds is 4. The van der Waals surface area contributed by atoms with Gasteiger partial charge in [0.05, 0.1) is 0 Å². The van der Waals surface area contributed by atoms with E-state index in [1.165, 1.54) is 0 Å². The maximum atomic E-state index is 12.0. The Labute approximate surface area is 113 Å². The summed E-state index contributed by atoms with van der Waals surface area (Å²) in [5.74, 6) is -0.281. The van der Waals surface area contributed by atoms with E-state index < -0.39 is 0 Å². The van der Waals surface area contributed by atoms with E-state index in [1.807, 2.05) is 19.0 Å². The van der Waals surface area contributed by atoms with E-state index >= 15 is 0 Å². The largest absolute Gasteiger partial charge is 0.351 e. The monoisotopic (exact) mass is 263 g/mol. The Balaban J connectivity index is 2.11. The summed E-state index contributed by atoms with van der Waals surface area (Å²) >= 11 is 0. The summed E-state index contributed by atoms with van der Waals surface area (Å²) in [7, 11) is 3.88. The minimum atomic E-state index is -0.281. The summed E-state index contributed by atoms with van der Waals surface area (Å²) in [4.78, 5) is 28.7. The highest BCUT2D eigenvalue weighted by molar-refractivity contribution is 5.94. The number of aryl methyl sites for hydroxylation is 2. The number of aromatic nitrogens is 1. The second-order valence-electron chi connectivity index (χ2n) is 5.28. The summed E-state index contributed by atoms with van der Waals surface area (Å²) in [6.07, 6.45) is 4.09. The molecule has 1 aromatic rings. The van der Waals surface area contributed by atoms with E-state index in [2.05, 4.69) is 10.3 Å². The van der Waals surface area contributed by atoms with E-state index in [0.717, 1.165) is 43.5 Å². The van der Waals surface area contributed by atoms with Gasteiger partial charge in [-0.3, -0.25) is 9.59 Å². The molecule has 1 aromatic heterocycles. The Kier molecular flexibility index (Phi) is 4.37. The third-order valence-corrected chi connectivity index (χ3v) is 3.43. The molecule has 0 spiro atoms. The second-order valence-corrected chi connectivity index (χ2v) is 5.28. The number of carbonyl (C=O) groups is 1. The molecule has 1 aliphatic rings. The highest BCUT2D eigenvalue weighted by Crippen LogP contribution is 2.18. The summed E-state index contributed by atoms with van der Waals surface area (Å²) in [5.41, 5.74) is 2.08. The lowest BCUT2D eigenvalue weighted by Gasteiger charge is -2.16. The van der Waals surface area contributed by atoms with Crippen LogP contribution in [-0.4, -0.2) is 43.0 Å². The predicted octanol–water partition coefficient (Wildman–Crippen LogP) is 0.545. The molecule has 0 aromatic carbocycles. The van der Waals surface area contributed by atoms with Crippen molar-refractivity contribution in [2.45, 2.75) is 25.7 Å². The van der Waals surface area contributed by atoms with Gasteiger partial charge in [-0.25, -0.2) is 0 Å². The minimum Gasteiger partial charge on any atom is -0.351 e. The van der Waals surface area contributed by atoms with Gasteiger partial charge in [-0.1, -0.05) is 0 Å². The number of amides is 1. The molecule has 19 heavy (non-hydrogen) atoms. The third-order valence-electron chi connectivity index (χ3n) is 3.43. The molecule has 0 saturated carbocycles. The van der Waals surface area contributed by atoms with Gasteiger partial charge in [-0.15, -0.1) is 0 Å². The van der Waals surface area contributed by atoms with Crippen LogP contribution in [0, 0.1) is 0 Å². The number of nitrogens with zero attached hydrogens (tertiary/aromatic N) is 1. The lowest BCUT2D eigenvalue weighted by atomic mass is 9.95. The van der Waals surface area contributed by atoms with E-state index in [4.69, 9.17) is 0 Å². The Morgan fingerprint density at radius 3 is 2.84 bits per heavy atom. The van der Waals surface area contributed by atoms with Crippen LogP contribution in [0.15, 0.2) is 10.9 Å². The van der Waals surface area contributed by atoms with Crippen molar-refractivity contribution in [1.82, 2.24) is 15.2 Å². The smallest absolute Gasteiger partial charge is 0.261 e. The number of nitrogens with one attached hydrogen (secondary N) is 2. The number of aromatic amines is 1. The minimum absolute atomic E-state index is 0.236. The van der Waals surface area contributed by atoms with Crippen LogP contribution in [0.5, 0.6) is 0 Å². The van der Waals surface area contributed by atoms with Crippen LogP contribution < -0.4 is 10.9 Å². The SMILES string of the molecule is CN(C)CCNC(=O)c1cc2c([nH]c1=O)CCCC2. The van der Waals surface area contributed by atoms with Gasteiger partial charge in [0.2, 0.25) is 0 Å². The fourth-order valence-corrected chi connectivity index (χ4v) is 2.33. The third kappa shape index (κ3) is 3.44. The molecule has 0 radical (unpaired) electrons. The maximum absolute atomic E-state index is 12.0. The van der Waals surface area contributed by atoms with Crippen molar-refractivity contribution in [2.24, 2.45) is 0 Å². The normalized spacial score (nSPS) is 14.3. The summed E-state index contributed by atoms with van der Waals surface area (Å²) < 4.78 is 0. The van der Waals surface area contributed by atoms with E-state index in [0.29, 0.717) is 6.54 Å². The molecule has 0 bridgehead atoms. The number of carbonyl (C=O) groups excluding carboxylic acids is 1. The average molecular weight is 263 g/mol. The van der Waals surface area contributed by atoms with Crippen molar-refractivity contribution in [2.75, 3.05) is 27.2 Å². The predicted molar refractivity (Wildman–Crippen MR) is 74.6 cm³/mol. The quantitative estimate of drug-likeness (QED) is 0.833. The molecule has 0 saturated heterocycles. The number of hydrogen-bond acceptors (Lipinski definition) is 3. The first kappa shape index (κ1) is 13.8. The first-order chi connectivity index (χ1) is 9.08. The van der Waals surface area contributed by atoms with Gasteiger partial charge in [0.15, 0.2) is 0 Å². The molecule has 5 heteroatoms. The van der Waals surface area contributed by atoms with Gasteiger partial charge >= 0.3 is 0 Å². The van der Waals surface area contributed by atoms with Crippen molar-refractivity contribution >= 4 is 5.91 Å².